The van der Waals surface area contributed by atoms with Gasteiger partial charge in [-0.1, -0.05) is 0 Å². The number of hydrogen-bond acceptors (Lipinski definition) is 4. The predicted octanol–water partition coefficient (Wildman–Crippen LogP) is 0.919. The van der Waals surface area contributed by atoms with Crippen molar-refractivity contribution in [2.24, 2.45) is 0 Å². The number of carbonyl (C=O) groups excluding carboxylic acids is 1. The molecule has 0 radical (unpaired) electrons. The lowest BCUT2D eigenvalue weighted by atomic mass is 10.2. The minimum absolute atomic E-state index is 0.00926. The fourth-order valence-corrected chi connectivity index (χ4v) is 0.884. The Balaban J connectivity index is 3.35. The van der Waals surface area contributed by atoms with E-state index < -0.39 is 5.75 Å². The summed E-state index contributed by atoms with van der Waals surface area (Å²) >= 11 is 0. The van der Waals surface area contributed by atoms with Crippen LogP contribution in [0.3, 0.4) is 0 Å². The SMILES string of the molecule is COc1c(C=O)ccc(O)c1O. The van der Waals surface area contributed by atoms with E-state index in [1.807, 2.05) is 0 Å². The summed E-state index contributed by atoms with van der Waals surface area (Å²) in [5.41, 5.74) is 0.202. The van der Waals surface area contributed by atoms with E-state index in [-0.39, 0.29) is 17.1 Å². The molecule has 0 fully saturated rings. The van der Waals surface area contributed by atoms with Crippen molar-refractivity contribution in [3.63, 3.8) is 0 Å². The molecule has 12 heavy (non-hydrogen) atoms. The molecule has 2 N–H and O–H groups in total. The van der Waals surface area contributed by atoms with Gasteiger partial charge in [0.1, 0.15) is 0 Å². The summed E-state index contributed by atoms with van der Waals surface area (Å²) in [6, 6.07) is 2.59. The van der Waals surface area contributed by atoms with Crippen molar-refractivity contribution in [1.29, 1.82) is 0 Å². The van der Waals surface area contributed by atoms with Crippen molar-refractivity contribution >= 4 is 6.29 Å². The maximum Gasteiger partial charge on any atom is 0.201 e. The van der Waals surface area contributed by atoms with Gasteiger partial charge >= 0.3 is 0 Å². The summed E-state index contributed by atoms with van der Waals surface area (Å²) in [6.45, 7) is 0. The summed E-state index contributed by atoms with van der Waals surface area (Å²) < 4.78 is 4.71. The van der Waals surface area contributed by atoms with E-state index in [2.05, 4.69) is 0 Å². The van der Waals surface area contributed by atoms with Crippen LogP contribution in [-0.2, 0) is 0 Å². The third-order valence-electron chi connectivity index (χ3n) is 1.47. The van der Waals surface area contributed by atoms with E-state index >= 15 is 0 Å². The fraction of sp³-hybridized carbons (Fsp3) is 0.125. The highest BCUT2D eigenvalue weighted by Crippen LogP contribution is 2.36. The smallest absolute Gasteiger partial charge is 0.201 e. The number of aromatic hydroxyl groups is 2. The number of hydrogen-bond donors (Lipinski definition) is 2. The number of phenolic OH excluding ortho intramolecular Hbond substituents is 2. The first-order valence-electron chi connectivity index (χ1n) is 3.24. The van der Waals surface area contributed by atoms with Gasteiger partial charge in [-0.3, -0.25) is 4.79 Å². The van der Waals surface area contributed by atoms with E-state index in [4.69, 9.17) is 9.84 Å². The van der Waals surface area contributed by atoms with E-state index in [9.17, 15) is 9.90 Å². The third-order valence-corrected chi connectivity index (χ3v) is 1.47. The molecule has 0 bridgehead atoms. The molecule has 0 unspecified atom stereocenters. The average Bonchev–Trinajstić information content (AvgIpc) is 2.09. The van der Waals surface area contributed by atoms with Gasteiger partial charge in [-0.25, -0.2) is 0 Å². The van der Waals surface area contributed by atoms with E-state index in [0.29, 0.717) is 6.29 Å². The first-order chi connectivity index (χ1) is 5.70. The van der Waals surface area contributed by atoms with Crippen LogP contribution in [-0.4, -0.2) is 23.6 Å². The van der Waals surface area contributed by atoms with Gasteiger partial charge in [0.25, 0.3) is 0 Å². The second-order valence-corrected chi connectivity index (χ2v) is 2.17. The number of rotatable bonds is 2. The monoisotopic (exact) mass is 168 g/mol. The Labute approximate surface area is 69.0 Å². The molecule has 0 aliphatic heterocycles. The van der Waals surface area contributed by atoms with Crippen LogP contribution >= 0.6 is 0 Å². The standard InChI is InChI=1S/C8H8O4/c1-12-8-5(4-9)2-3-6(10)7(8)11/h2-4,10-11H,1H3. The first-order valence-corrected chi connectivity index (χ1v) is 3.24. The van der Waals surface area contributed by atoms with E-state index in [1.54, 1.807) is 0 Å². The van der Waals surface area contributed by atoms with E-state index in [1.165, 1.54) is 19.2 Å². The summed E-state index contributed by atoms with van der Waals surface area (Å²) in [5.74, 6) is -0.732. The van der Waals surface area contributed by atoms with Crippen LogP contribution < -0.4 is 4.74 Å². The highest BCUT2D eigenvalue weighted by Gasteiger charge is 2.11. The molecule has 0 atom stereocenters. The summed E-state index contributed by atoms with van der Waals surface area (Å²) in [5, 5.41) is 18.2. The maximum atomic E-state index is 10.4. The zero-order valence-corrected chi connectivity index (χ0v) is 6.44. The van der Waals surface area contributed by atoms with Crippen LogP contribution in [0.5, 0.6) is 17.2 Å². The minimum atomic E-state index is -0.415. The second-order valence-electron chi connectivity index (χ2n) is 2.17. The molecule has 4 heteroatoms. The number of benzene rings is 1. The fourth-order valence-electron chi connectivity index (χ4n) is 0.884. The predicted molar refractivity (Wildman–Crippen MR) is 41.7 cm³/mol. The number of carbonyl (C=O) groups is 1. The number of aldehydes is 1. The zero-order chi connectivity index (χ0) is 9.14. The van der Waals surface area contributed by atoms with Crippen LogP contribution in [0, 0.1) is 0 Å². The molecule has 1 aromatic carbocycles. The molecule has 0 aromatic heterocycles. The summed E-state index contributed by atoms with van der Waals surface area (Å²) in [6.07, 6.45) is 0.540. The van der Waals surface area contributed by atoms with Gasteiger partial charge in [-0.05, 0) is 12.1 Å². The normalized spacial score (nSPS) is 9.42. The van der Waals surface area contributed by atoms with Crippen LogP contribution in [0.25, 0.3) is 0 Å². The molecule has 0 heterocycles. The number of ether oxygens (including phenoxy) is 1. The Hall–Kier alpha value is -1.71. The molecule has 0 saturated carbocycles. The Bertz CT molecular complexity index is 306. The molecule has 0 saturated heterocycles. The van der Waals surface area contributed by atoms with Crippen molar-refractivity contribution in [2.45, 2.75) is 0 Å². The highest BCUT2D eigenvalue weighted by molar-refractivity contribution is 5.82. The van der Waals surface area contributed by atoms with Crippen molar-refractivity contribution in [3.8, 4) is 17.2 Å². The Morgan fingerprint density at radius 1 is 1.42 bits per heavy atom. The molecule has 0 aliphatic carbocycles. The van der Waals surface area contributed by atoms with Gasteiger partial charge < -0.3 is 14.9 Å². The molecule has 1 aromatic rings. The van der Waals surface area contributed by atoms with Crippen molar-refractivity contribution in [3.05, 3.63) is 17.7 Å². The van der Waals surface area contributed by atoms with Crippen LogP contribution in [0.15, 0.2) is 12.1 Å². The third kappa shape index (κ3) is 1.18. The summed E-state index contributed by atoms with van der Waals surface area (Å²) in [4.78, 5) is 10.4. The van der Waals surface area contributed by atoms with Gasteiger partial charge in [-0.2, -0.15) is 0 Å². The van der Waals surface area contributed by atoms with Gasteiger partial charge in [0.05, 0.1) is 12.7 Å². The Morgan fingerprint density at radius 2 is 2.08 bits per heavy atom. The molecule has 0 amide bonds. The number of methoxy groups -OCH3 is 1. The lowest BCUT2D eigenvalue weighted by Crippen LogP contribution is -1.90. The quantitative estimate of drug-likeness (QED) is 0.509. The average molecular weight is 168 g/mol. The molecule has 0 aliphatic rings. The molecule has 1 rings (SSSR count). The zero-order valence-electron chi connectivity index (χ0n) is 6.44. The molecular weight excluding hydrogens is 160 g/mol. The lowest BCUT2D eigenvalue weighted by Gasteiger charge is -2.06. The second kappa shape index (κ2) is 3.13. The van der Waals surface area contributed by atoms with Crippen molar-refractivity contribution in [2.75, 3.05) is 7.11 Å². The summed E-state index contributed by atoms with van der Waals surface area (Å²) in [7, 11) is 1.31. The minimum Gasteiger partial charge on any atom is -0.504 e. The Kier molecular flexibility index (Phi) is 2.19. The van der Waals surface area contributed by atoms with Crippen LogP contribution in [0.4, 0.5) is 0 Å². The molecule has 64 valence electrons. The van der Waals surface area contributed by atoms with Gasteiger partial charge in [0.15, 0.2) is 17.8 Å². The number of phenols is 2. The Morgan fingerprint density at radius 3 is 2.58 bits per heavy atom. The molecule has 4 nitrogen and oxygen atoms in total. The highest BCUT2D eigenvalue weighted by atomic mass is 16.5. The lowest BCUT2D eigenvalue weighted by molar-refractivity contribution is 0.112. The van der Waals surface area contributed by atoms with Crippen molar-refractivity contribution < 1.29 is 19.7 Å². The van der Waals surface area contributed by atoms with Crippen LogP contribution in [0.2, 0.25) is 0 Å². The van der Waals surface area contributed by atoms with Gasteiger partial charge in [0, 0.05) is 0 Å². The largest absolute Gasteiger partial charge is 0.504 e. The van der Waals surface area contributed by atoms with Crippen LogP contribution in [0.1, 0.15) is 10.4 Å². The first kappa shape index (κ1) is 8.39. The molecular formula is C8H8O4. The molecule has 0 spiro atoms. The topological polar surface area (TPSA) is 66.8 Å². The van der Waals surface area contributed by atoms with E-state index in [0.717, 1.165) is 0 Å². The van der Waals surface area contributed by atoms with Gasteiger partial charge in [-0.15, -0.1) is 0 Å². The van der Waals surface area contributed by atoms with Crippen molar-refractivity contribution in [1.82, 2.24) is 0 Å². The van der Waals surface area contributed by atoms with Gasteiger partial charge in [0.2, 0.25) is 5.75 Å². The maximum absolute atomic E-state index is 10.4.